The summed E-state index contributed by atoms with van der Waals surface area (Å²) in [5.41, 5.74) is 0.605. The van der Waals surface area contributed by atoms with Gasteiger partial charge in [-0.1, -0.05) is 30.3 Å². The third-order valence-electron chi connectivity index (χ3n) is 3.09. The summed E-state index contributed by atoms with van der Waals surface area (Å²) in [6, 6.07) is 9.19. The van der Waals surface area contributed by atoms with Crippen LogP contribution in [0.3, 0.4) is 0 Å². The van der Waals surface area contributed by atoms with E-state index >= 15 is 0 Å². The van der Waals surface area contributed by atoms with E-state index in [1.807, 2.05) is 18.2 Å². The van der Waals surface area contributed by atoms with Crippen molar-refractivity contribution < 1.29 is 4.79 Å². The van der Waals surface area contributed by atoms with E-state index in [1.54, 1.807) is 23.6 Å². The van der Waals surface area contributed by atoms with Crippen molar-refractivity contribution in [3.8, 4) is 0 Å². The van der Waals surface area contributed by atoms with Crippen LogP contribution in [0.1, 0.15) is 29.0 Å². The van der Waals surface area contributed by atoms with E-state index in [1.165, 1.54) is 6.20 Å². The average molecular weight is 335 g/mol. The molecule has 1 aromatic carbocycles. The minimum atomic E-state index is -0.107. The maximum atomic E-state index is 12.0. The maximum absolute atomic E-state index is 12.0. The summed E-state index contributed by atoms with van der Waals surface area (Å²) in [4.78, 5) is 28.0. The Hall–Kier alpha value is -1.75. The zero-order valence-electron chi connectivity index (χ0n) is 11.2. The highest BCUT2D eigenvalue weighted by molar-refractivity contribution is 9.10. The Morgan fingerprint density at radius 1 is 1.30 bits per heavy atom. The van der Waals surface area contributed by atoms with E-state index in [2.05, 4.69) is 20.9 Å². The number of ketones is 1. The zero-order valence-corrected chi connectivity index (χ0v) is 12.8. The molecule has 5 heteroatoms. The molecule has 0 saturated heterocycles. The van der Waals surface area contributed by atoms with Gasteiger partial charge in [-0.05, 0) is 29.3 Å². The quantitative estimate of drug-likeness (QED) is 0.790. The highest BCUT2D eigenvalue weighted by atomic mass is 79.9. The zero-order chi connectivity index (χ0) is 14.5. The van der Waals surface area contributed by atoms with Crippen molar-refractivity contribution in [3.05, 3.63) is 62.7 Å². The Labute approximate surface area is 125 Å². The summed E-state index contributed by atoms with van der Waals surface area (Å²) in [6.07, 6.45) is 2.54. The van der Waals surface area contributed by atoms with Crippen LogP contribution < -0.4 is 5.56 Å². The lowest BCUT2D eigenvalue weighted by Crippen LogP contribution is -2.24. The van der Waals surface area contributed by atoms with Crippen LogP contribution in [0, 0.1) is 6.92 Å². The second kappa shape index (κ2) is 6.61. The highest BCUT2D eigenvalue weighted by Crippen LogP contribution is 2.07. The molecular formula is C15H15BrN2O2. The predicted molar refractivity (Wildman–Crippen MR) is 80.9 cm³/mol. The summed E-state index contributed by atoms with van der Waals surface area (Å²) >= 11 is 3.17. The molecule has 1 heterocycles. The van der Waals surface area contributed by atoms with Gasteiger partial charge in [-0.3, -0.25) is 14.2 Å². The normalized spacial score (nSPS) is 10.5. The average Bonchev–Trinajstić information content (AvgIpc) is 2.47. The molecular weight excluding hydrogens is 320 g/mol. The Balaban J connectivity index is 1.99. The Bertz CT molecular complexity index is 665. The van der Waals surface area contributed by atoms with Crippen molar-refractivity contribution in [2.24, 2.45) is 0 Å². The maximum Gasteiger partial charge on any atom is 0.267 e. The van der Waals surface area contributed by atoms with Crippen molar-refractivity contribution in [1.29, 1.82) is 0 Å². The number of hydrogen-bond donors (Lipinski definition) is 0. The second-order valence-electron chi connectivity index (χ2n) is 4.50. The summed E-state index contributed by atoms with van der Waals surface area (Å²) < 4.78 is 2.03. The number of carbonyl (C=O) groups excluding carboxylic acids is 1. The lowest BCUT2D eigenvalue weighted by atomic mass is 10.1. The number of benzene rings is 1. The van der Waals surface area contributed by atoms with Crippen molar-refractivity contribution in [1.82, 2.24) is 9.55 Å². The smallest absolute Gasteiger partial charge is 0.267 e. The molecule has 0 aliphatic rings. The number of hydrogen-bond acceptors (Lipinski definition) is 3. The Morgan fingerprint density at radius 3 is 2.70 bits per heavy atom. The highest BCUT2D eigenvalue weighted by Gasteiger charge is 2.08. The molecule has 1 aromatic heterocycles. The standard InChI is InChI=1S/C15H15BrN2O2/c1-11-17-10-13(16)15(20)18(11)9-5-8-14(19)12-6-3-2-4-7-12/h2-4,6-7,10H,5,8-9H2,1H3. The van der Waals surface area contributed by atoms with Crippen LogP contribution >= 0.6 is 15.9 Å². The van der Waals surface area contributed by atoms with Gasteiger partial charge in [0.1, 0.15) is 10.3 Å². The number of Topliss-reactive ketones (excluding diaryl/α,β-unsaturated/α-hetero) is 1. The minimum absolute atomic E-state index is 0.0965. The van der Waals surface area contributed by atoms with Gasteiger partial charge in [-0.25, -0.2) is 4.98 Å². The predicted octanol–water partition coefficient (Wildman–Crippen LogP) is 2.98. The van der Waals surface area contributed by atoms with E-state index in [9.17, 15) is 9.59 Å². The first-order valence-corrected chi connectivity index (χ1v) is 7.19. The summed E-state index contributed by atoms with van der Waals surface area (Å²) in [7, 11) is 0. The molecule has 0 fully saturated rings. The molecule has 0 radical (unpaired) electrons. The first kappa shape index (κ1) is 14.7. The number of aromatic nitrogens is 2. The topological polar surface area (TPSA) is 52.0 Å². The van der Waals surface area contributed by atoms with E-state index in [0.717, 1.165) is 0 Å². The van der Waals surface area contributed by atoms with Crippen molar-refractivity contribution in [2.75, 3.05) is 0 Å². The Kier molecular flexibility index (Phi) is 4.84. The van der Waals surface area contributed by atoms with Gasteiger partial charge in [-0.2, -0.15) is 0 Å². The molecule has 0 bridgehead atoms. The number of carbonyl (C=O) groups is 1. The van der Waals surface area contributed by atoms with Gasteiger partial charge in [0, 0.05) is 24.7 Å². The number of aryl methyl sites for hydroxylation is 1. The molecule has 2 aromatic rings. The summed E-state index contributed by atoms with van der Waals surface area (Å²) in [5.74, 6) is 0.754. The van der Waals surface area contributed by atoms with Crippen molar-refractivity contribution in [2.45, 2.75) is 26.3 Å². The SMILES string of the molecule is Cc1ncc(Br)c(=O)n1CCCC(=O)c1ccccc1. The molecule has 0 aliphatic carbocycles. The van der Waals surface area contributed by atoms with Gasteiger partial charge in [0.05, 0.1) is 0 Å². The van der Waals surface area contributed by atoms with Gasteiger partial charge in [0.15, 0.2) is 5.78 Å². The molecule has 0 amide bonds. The van der Waals surface area contributed by atoms with E-state index in [4.69, 9.17) is 0 Å². The fraction of sp³-hybridized carbons (Fsp3) is 0.267. The van der Waals surface area contributed by atoms with Crippen LogP contribution in [0.15, 0.2) is 45.8 Å². The minimum Gasteiger partial charge on any atom is -0.296 e. The van der Waals surface area contributed by atoms with Gasteiger partial charge < -0.3 is 0 Å². The molecule has 0 saturated carbocycles. The monoisotopic (exact) mass is 334 g/mol. The first-order valence-electron chi connectivity index (χ1n) is 6.40. The van der Waals surface area contributed by atoms with Gasteiger partial charge in [0.2, 0.25) is 0 Å². The Morgan fingerprint density at radius 2 is 2.00 bits per heavy atom. The third-order valence-corrected chi connectivity index (χ3v) is 3.63. The van der Waals surface area contributed by atoms with E-state index in [-0.39, 0.29) is 11.3 Å². The largest absolute Gasteiger partial charge is 0.296 e. The third kappa shape index (κ3) is 3.42. The van der Waals surface area contributed by atoms with E-state index in [0.29, 0.717) is 35.2 Å². The molecule has 2 rings (SSSR count). The van der Waals surface area contributed by atoms with Crippen LogP contribution in [0.4, 0.5) is 0 Å². The molecule has 20 heavy (non-hydrogen) atoms. The van der Waals surface area contributed by atoms with Gasteiger partial charge in [-0.15, -0.1) is 0 Å². The van der Waals surface area contributed by atoms with Crippen LogP contribution in [0.25, 0.3) is 0 Å². The fourth-order valence-electron chi connectivity index (χ4n) is 1.98. The van der Waals surface area contributed by atoms with Crippen molar-refractivity contribution >= 4 is 21.7 Å². The molecule has 0 spiro atoms. The lowest BCUT2D eigenvalue weighted by molar-refractivity contribution is 0.0978. The van der Waals surface area contributed by atoms with Gasteiger partial charge in [0.25, 0.3) is 5.56 Å². The molecule has 4 nitrogen and oxygen atoms in total. The summed E-state index contributed by atoms with van der Waals surface area (Å²) in [5, 5.41) is 0. The second-order valence-corrected chi connectivity index (χ2v) is 5.36. The van der Waals surface area contributed by atoms with Gasteiger partial charge >= 0.3 is 0 Å². The molecule has 0 unspecified atom stereocenters. The fourth-order valence-corrected chi connectivity index (χ4v) is 2.30. The van der Waals surface area contributed by atoms with E-state index < -0.39 is 0 Å². The van der Waals surface area contributed by atoms with Crippen LogP contribution in [0.2, 0.25) is 0 Å². The van der Waals surface area contributed by atoms with Crippen LogP contribution in [-0.4, -0.2) is 15.3 Å². The molecule has 0 N–H and O–H groups in total. The summed E-state index contributed by atoms with van der Waals surface area (Å²) in [6.45, 7) is 2.28. The molecule has 0 aliphatic heterocycles. The lowest BCUT2D eigenvalue weighted by Gasteiger charge is -2.08. The molecule has 104 valence electrons. The van der Waals surface area contributed by atoms with Crippen molar-refractivity contribution in [3.63, 3.8) is 0 Å². The molecule has 0 atom stereocenters. The van der Waals surface area contributed by atoms with Crippen LogP contribution in [-0.2, 0) is 6.54 Å². The first-order chi connectivity index (χ1) is 9.59. The number of halogens is 1. The number of rotatable bonds is 5. The van der Waals surface area contributed by atoms with Crippen LogP contribution in [0.5, 0.6) is 0 Å². The number of nitrogens with zero attached hydrogens (tertiary/aromatic N) is 2.